The van der Waals surface area contributed by atoms with Crippen molar-refractivity contribution in [1.29, 1.82) is 0 Å². The highest BCUT2D eigenvalue weighted by Gasteiger charge is 2.02. The van der Waals surface area contributed by atoms with E-state index in [1.54, 1.807) is 6.92 Å². The third kappa shape index (κ3) is 2.11. The Morgan fingerprint density at radius 2 is 1.88 bits per heavy atom. The normalized spacial score (nSPS) is 10.3. The lowest BCUT2D eigenvalue weighted by molar-refractivity contribution is 0.693. The molecule has 1 heterocycles. The van der Waals surface area contributed by atoms with Crippen molar-refractivity contribution in [2.24, 2.45) is 0 Å². The average molecular weight is 216 g/mol. The maximum Gasteiger partial charge on any atom is 0.328 e. The van der Waals surface area contributed by atoms with Gasteiger partial charge in [0.25, 0.3) is 5.56 Å². The van der Waals surface area contributed by atoms with Crippen molar-refractivity contribution >= 4 is 0 Å². The van der Waals surface area contributed by atoms with E-state index in [2.05, 4.69) is 4.98 Å². The molecule has 4 nitrogen and oxygen atoms in total. The average Bonchev–Trinajstić information content (AvgIpc) is 2.25. The van der Waals surface area contributed by atoms with Crippen LogP contribution in [0.4, 0.5) is 0 Å². The largest absolute Gasteiger partial charge is 0.328 e. The number of aryl methyl sites for hydroxylation is 1. The predicted octanol–water partition coefficient (Wildman–Crippen LogP) is 0.893. The van der Waals surface area contributed by atoms with Gasteiger partial charge in [-0.1, -0.05) is 30.3 Å². The molecule has 0 aliphatic carbocycles. The van der Waals surface area contributed by atoms with Gasteiger partial charge in [-0.2, -0.15) is 0 Å². The molecule has 0 radical (unpaired) electrons. The van der Waals surface area contributed by atoms with E-state index in [4.69, 9.17) is 0 Å². The Kier molecular flexibility index (Phi) is 2.72. The van der Waals surface area contributed by atoms with Crippen LogP contribution in [0.15, 0.2) is 46.0 Å². The summed E-state index contributed by atoms with van der Waals surface area (Å²) in [6.45, 7) is 1.99. The minimum absolute atomic E-state index is 0.273. The molecule has 2 rings (SSSR count). The van der Waals surface area contributed by atoms with E-state index in [1.807, 2.05) is 30.3 Å². The molecule has 0 fully saturated rings. The van der Waals surface area contributed by atoms with Crippen molar-refractivity contribution in [3.05, 3.63) is 68.5 Å². The molecule has 0 aliphatic rings. The van der Waals surface area contributed by atoms with Gasteiger partial charge in [0.05, 0.1) is 6.54 Å². The van der Waals surface area contributed by atoms with Gasteiger partial charge < -0.3 is 4.98 Å². The van der Waals surface area contributed by atoms with E-state index < -0.39 is 0 Å². The molecule has 1 aromatic heterocycles. The summed E-state index contributed by atoms with van der Waals surface area (Å²) in [5.41, 5.74) is 0.872. The van der Waals surface area contributed by atoms with Crippen molar-refractivity contribution in [2.75, 3.05) is 0 Å². The second-order valence-corrected chi connectivity index (χ2v) is 3.67. The summed E-state index contributed by atoms with van der Waals surface area (Å²) < 4.78 is 1.18. The van der Waals surface area contributed by atoms with Crippen LogP contribution in [0, 0.1) is 6.92 Å². The van der Waals surface area contributed by atoms with Gasteiger partial charge in [-0.15, -0.1) is 0 Å². The van der Waals surface area contributed by atoms with Crippen molar-refractivity contribution in [3.63, 3.8) is 0 Å². The second-order valence-electron chi connectivity index (χ2n) is 3.67. The topological polar surface area (TPSA) is 54.9 Å². The molecule has 0 unspecified atom stereocenters. The van der Waals surface area contributed by atoms with Crippen LogP contribution in [-0.2, 0) is 6.54 Å². The van der Waals surface area contributed by atoms with Crippen molar-refractivity contribution in [2.45, 2.75) is 13.5 Å². The lowest BCUT2D eigenvalue weighted by Gasteiger charge is -2.04. The van der Waals surface area contributed by atoms with Gasteiger partial charge in [-0.05, 0) is 12.5 Å². The monoisotopic (exact) mass is 216 g/mol. The fourth-order valence-corrected chi connectivity index (χ4v) is 1.55. The van der Waals surface area contributed by atoms with Crippen LogP contribution in [0.2, 0.25) is 0 Å². The summed E-state index contributed by atoms with van der Waals surface area (Å²) in [5.74, 6) is 0. The van der Waals surface area contributed by atoms with Crippen molar-refractivity contribution in [3.8, 4) is 0 Å². The van der Waals surface area contributed by atoms with Gasteiger partial charge in [0.15, 0.2) is 0 Å². The van der Waals surface area contributed by atoms with E-state index in [0.29, 0.717) is 12.2 Å². The van der Waals surface area contributed by atoms with Crippen LogP contribution >= 0.6 is 0 Å². The molecule has 0 spiro atoms. The first-order valence-corrected chi connectivity index (χ1v) is 5.01. The number of rotatable bonds is 2. The van der Waals surface area contributed by atoms with E-state index >= 15 is 0 Å². The van der Waals surface area contributed by atoms with Crippen LogP contribution < -0.4 is 11.2 Å². The second kappa shape index (κ2) is 4.18. The minimum atomic E-state index is -0.367. The number of aromatic amines is 1. The van der Waals surface area contributed by atoms with Gasteiger partial charge in [0, 0.05) is 11.8 Å². The Morgan fingerprint density at radius 1 is 1.19 bits per heavy atom. The Morgan fingerprint density at radius 3 is 2.50 bits per heavy atom. The number of aromatic nitrogens is 2. The molecule has 0 saturated heterocycles. The lowest BCUT2D eigenvalue weighted by atomic mass is 10.2. The highest BCUT2D eigenvalue weighted by atomic mass is 16.2. The minimum Gasteiger partial charge on any atom is -0.311 e. The zero-order chi connectivity index (χ0) is 11.5. The van der Waals surface area contributed by atoms with Crippen LogP contribution in [-0.4, -0.2) is 9.55 Å². The van der Waals surface area contributed by atoms with Crippen LogP contribution in [0.1, 0.15) is 11.3 Å². The highest BCUT2D eigenvalue weighted by molar-refractivity contribution is 5.15. The quantitative estimate of drug-likeness (QED) is 0.810. The maximum atomic E-state index is 11.6. The SMILES string of the molecule is Cc1cc(=O)n(Cc2ccccc2)c(=O)[nH]1. The predicted molar refractivity (Wildman–Crippen MR) is 61.6 cm³/mol. The molecule has 1 aromatic carbocycles. The van der Waals surface area contributed by atoms with Crippen LogP contribution in [0.25, 0.3) is 0 Å². The number of nitrogens with one attached hydrogen (secondary N) is 1. The van der Waals surface area contributed by atoms with Gasteiger partial charge in [0.1, 0.15) is 0 Å². The highest BCUT2D eigenvalue weighted by Crippen LogP contribution is 1.98. The number of hydrogen-bond donors (Lipinski definition) is 1. The van der Waals surface area contributed by atoms with E-state index in [0.717, 1.165) is 5.56 Å². The molecular weight excluding hydrogens is 204 g/mol. The summed E-state index contributed by atoms with van der Waals surface area (Å²) in [6.07, 6.45) is 0. The van der Waals surface area contributed by atoms with Gasteiger partial charge >= 0.3 is 5.69 Å². The zero-order valence-electron chi connectivity index (χ0n) is 8.93. The summed E-state index contributed by atoms with van der Waals surface area (Å²) in [7, 11) is 0. The summed E-state index contributed by atoms with van der Waals surface area (Å²) in [5, 5.41) is 0. The molecular formula is C12H12N2O2. The summed E-state index contributed by atoms with van der Waals surface area (Å²) in [4.78, 5) is 25.8. The first kappa shape index (κ1) is 10.4. The Hall–Kier alpha value is -2.10. The number of H-pyrrole nitrogens is 1. The maximum absolute atomic E-state index is 11.6. The molecule has 82 valence electrons. The molecule has 1 N–H and O–H groups in total. The number of hydrogen-bond acceptors (Lipinski definition) is 2. The molecule has 2 aromatic rings. The van der Waals surface area contributed by atoms with Gasteiger partial charge in [0.2, 0.25) is 0 Å². The zero-order valence-corrected chi connectivity index (χ0v) is 8.93. The molecule has 4 heteroatoms. The van der Waals surface area contributed by atoms with Crippen LogP contribution in [0.5, 0.6) is 0 Å². The van der Waals surface area contributed by atoms with Crippen molar-refractivity contribution < 1.29 is 0 Å². The third-order valence-electron chi connectivity index (χ3n) is 2.34. The Balaban J connectivity index is 2.44. The molecule has 0 atom stereocenters. The molecule has 0 aliphatic heterocycles. The van der Waals surface area contributed by atoms with E-state index in [1.165, 1.54) is 10.6 Å². The molecule has 16 heavy (non-hydrogen) atoms. The number of benzene rings is 1. The molecule has 0 bridgehead atoms. The summed E-state index contributed by atoms with van der Waals surface area (Å²) >= 11 is 0. The van der Waals surface area contributed by atoms with E-state index in [9.17, 15) is 9.59 Å². The Bertz CT molecular complexity index is 565. The smallest absolute Gasteiger partial charge is 0.311 e. The van der Waals surface area contributed by atoms with Gasteiger partial charge in [-0.25, -0.2) is 4.79 Å². The summed E-state index contributed by atoms with van der Waals surface area (Å²) in [6, 6.07) is 10.8. The fraction of sp³-hybridized carbons (Fsp3) is 0.167. The van der Waals surface area contributed by atoms with Crippen molar-refractivity contribution in [1.82, 2.24) is 9.55 Å². The van der Waals surface area contributed by atoms with E-state index in [-0.39, 0.29) is 11.2 Å². The first-order valence-electron chi connectivity index (χ1n) is 5.01. The standard InChI is InChI=1S/C12H12N2O2/c1-9-7-11(15)14(12(16)13-9)8-10-5-3-2-4-6-10/h2-7H,8H2,1H3,(H,13,16). The molecule has 0 amide bonds. The van der Waals surface area contributed by atoms with Gasteiger partial charge in [-0.3, -0.25) is 9.36 Å². The fourth-order valence-electron chi connectivity index (χ4n) is 1.55. The van der Waals surface area contributed by atoms with Crippen LogP contribution in [0.3, 0.4) is 0 Å². The third-order valence-corrected chi connectivity index (χ3v) is 2.34. The Labute approximate surface area is 92.2 Å². The first-order chi connectivity index (χ1) is 7.66. The number of nitrogens with zero attached hydrogens (tertiary/aromatic N) is 1. The lowest BCUT2D eigenvalue weighted by Crippen LogP contribution is -2.35. The molecule has 0 saturated carbocycles.